The van der Waals surface area contributed by atoms with Crippen LogP contribution in [0.15, 0.2) is 59.5 Å². The molecule has 1 unspecified atom stereocenters. The van der Waals surface area contributed by atoms with E-state index in [-0.39, 0.29) is 24.5 Å². The van der Waals surface area contributed by atoms with Crippen LogP contribution in [-0.4, -0.2) is 35.4 Å². The number of nitrogens with zero attached hydrogens (tertiary/aromatic N) is 1. The van der Waals surface area contributed by atoms with Gasteiger partial charge in [-0.25, -0.2) is 4.79 Å². The average molecular weight is 480 g/mol. The maximum absolute atomic E-state index is 12.9. The van der Waals surface area contributed by atoms with Crippen LogP contribution in [0.25, 0.3) is 11.1 Å². The first-order valence-corrected chi connectivity index (χ1v) is 11.1. The Labute approximate surface area is 203 Å². The highest BCUT2D eigenvalue weighted by molar-refractivity contribution is 5.91. The number of ether oxygens (including phenoxy) is 2. The van der Waals surface area contributed by atoms with Gasteiger partial charge in [0, 0.05) is 24.4 Å². The lowest BCUT2D eigenvalue weighted by molar-refractivity contribution is -0.143. The standard InChI is InChI=1S/C26H29N3O6/c1-5-35-22(30)14-20(27-26(33)28-23-24(31)16(2)15-29(3)25(23)32)18-10-8-9-17(13-18)19-11-6-7-12-21(19)34-4/h6-13,15,20,31H,5,14H2,1-4H3,(H2,27,28,33). The van der Waals surface area contributed by atoms with Crippen molar-refractivity contribution in [2.45, 2.75) is 26.3 Å². The fraction of sp³-hybridized carbons (Fsp3) is 0.269. The lowest BCUT2D eigenvalue weighted by atomic mass is 9.97. The molecule has 0 saturated heterocycles. The van der Waals surface area contributed by atoms with Gasteiger partial charge in [-0.15, -0.1) is 0 Å². The van der Waals surface area contributed by atoms with Crippen molar-refractivity contribution in [1.82, 2.24) is 9.88 Å². The van der Waals surface area contributed by atoms with E-state index in [1.54, 1.807) is 27.0 Å². The van der Waals surface area contributed by atoms with E-state index in [1.807, 2.05) is 42.5 Å². The molecule has 1 heterocycles. The number of urea groups is 1. The number of carbonyl (C=O) groups is 2. The van der Waals surface area contributed by atoms with Gasteiger partial charge in [-0.3, -0.25) is 9.59 Å². The summed E-state index contributed by atoms with van der Waals surface area (Å²) in [6, 6.07) is 13.4. The molecule has 0 spiro atoms. The molecule has 0 aliphatic carbocycles. The van der Waals surface area contributed by atoms with Gasteiger partial charge in [0.05, 0.1) is 26.2 Å². The van der Waals surface area contributed by atoms with Crippen LogP contribution in [0, 0.1) is 6.92 Å². The zero-order chi connectivity index (χ0) is 25.5. The van der Waals surface area contributed by atoms with Crippen molar-refractivity contribution in [2.24, 2.45) is 7.05 Å². The molecule has 0 saturated carbocycles. The van der Waals surface area contributed by atoms with Gasteiger partial charge in [-0.05, 0) is 37.1 Å². The Kier molecular flexibility index (Phi) is 8.14. The number of benzene rings is 2. The molecule has 0 aliphatic rings. The number of nitrogens with one attached hydrogen (secondary N) is 2. The van der Waals surface area contributed by atoms with E-state index in [9.17, 15) is 19.5 Å². The van der Waals surface area contributed by atoms with E-state index in [1.165, 1.54) is 17.8 Å². The van der Waals surface area contributed by atoms with Crippen LogP contribution in [0.5, 0.6) is 11.5 Å². The molecular weight excluding hydrogens is 450 g/mol. The topological polar surface area (TPSA) is 119 Å². The maximum atomic E-state index is 12.9. The molecule has 2 amide bonds. The highest BCUT2D eigenvalue weighted by Gasteiger charge is 2.22. The Balaban J connectivity index is 1.93. The number of aromatic nitrogens is 1. The fourth-order valence-electron chi connectivity index (χ4n) is 3.75. The molecule has 1 aromatic heterocycles. The summed E-state index contributed by atoms with van der Waals surface area (Å²) in [5.41, 5.74) is 1.95. The second-order valence-corrected chi connectivity index (χ2v) is 7.94. The Morgan fingerprint density at radius 3 is 2.60 bits per heavy atom. The quantitative estimate of drug-likeness (QED) is 0.422. The molecule has 35 heavy (non-hydrogen) atoms. The minimum absolute atomic E-state index is 0.131. The van der Waals surface area contributed by atoms with Crippen LogP contribution in [0.4, 0.5) is 10.5 Å². The molecule has 9 heteroatoms. The third-order valence-corrected chi connectivity index (χ3v) is 5.46. The van der Waals surface area contributed by atoms with Gasteiger partial charge >= 0.3 is 12.0 Å². The summed E-state index contributed by atoms with van der Waals surface area (Å²) < 4.78 is 11.8. The van der Waals surface area contributed by atoms with Crippen LogP contribution < -0.4 is 20.9 Å². The first-order chi connectivity index (χ1) is 16.7. The summed E-state index contributed by atoms with van der Waals surface area (Å²) in [5.74, 6) is -0.124. The summed E-state index contributed by atoms with van der Waals surface area (Å²) in [7, 11) is 3.11. The van der Waals surface area contributed by atoms with Crippen LogP contribution in [-0.2, 0) is 16.6 Å². The number of pyridine rings is 1. The van der Waals surface area contributed by atoms with Crippen LogP contribution in [0.1, 0.15) is 30.5 Å². The third kappa shape index (κ3) is 6.00. The summed E-state index contributed by atoms with van der Waals surface area (Å²) in [6.45, 7) is 3.52. The molecular formula is C26H29N3O6. The average Bonchev–Trinajstić information content (AvgIpc) is 2.85. The highest BCUT2D eigenvalue weighted by atomic mass is 16.5. The van der Waals surface area contributed by atoms with Crippen molar-refractivity contribution in [2.75, 3.05) is 19.0 Å². The van der Waals surface area contributed by atoms with E-state index in [0.29, 0.717) is 16.9 Å². The first-order valence-electron chi connectivity index (χ1n) is 11.1. The van der Waals surface area contributed by atoms with Gasteiger partial charge in [0.2, 0.25) is 0 Å². The molecule has 0 bridgehead atoms. The zero-order valence-corrected chi connectivity index (χ0v) is 20.1. The minimum Gasteiger partial charge on any atom is -0.505 e. The number of hydrogen-bond donors (Lipinski definition) is 3. The van der Waals surface area contributed by atoms with Crippen molar-refractivity contribution >= 4 is 17.7 Å². The lowest BCUT2D eigenvalue weighted by Crippen LogP contribution is -2.36. The van der Waals surface area contributed by atoms with Gasteiger partial charge < -0.3 is 29.8 Å². The predicted molar refractivity (Wildman–Crippen MR) is 133 cm³/mol. The maximum Gasteiger partial charge on any atom is 0.319 e. The van der Waals surface area contributed by atoms with Crippen molar-refractivity contribution < 1.29 is 24.2 Å². The van der Waals surface area contributed by atoms with Crippen molar-refractivity contribution in [1.29, 1.82) is 0 Å². The predicted octanol–water partition coefficient (Wildman–Crippen LogP) is 3.89. The van der Waals surface area contributed by atoms with Crippen molar-refractivity contribution in [3.05, 3.63) is 76.2 Å². The molecule has 9 nitrogen and oxygen atoms in total. The number of anilines is 1. The SMILES string of the molecule is CCOC(=O)CC(NC(=O)Nc1c(O)c(C)cn(C)c1=O)c1cccc(-c2ccccc2OC)c1. The fourth-order valence-corrected chi connectivity index (χ4v) is 3.75. The molecule has 0 aliphatic heterocycles. The number of rotatable bonds is 8. The smallest absolute Gasteiger partial charge is 0.319 e. The van der Waals surface area contributed by atoms with Gasteiger partial charge in [-0.2, -0.15) is 0 Å². The Morgan fingerprint density at radius 2 is 1.89 bits per heavy atom. The molecule has 1 atom stereocenters. The molecule has 2 aromatic carbocycles. The molecule has 3 rings (SSSR count). The van der Waals surface area contributed by atoms with Gasteiger partial charge in [0.25, 0.3) is 5.56 Å². The summed E-state index contributed by atoms with van der Waals surface area (Å²) >= 11 is 0. The number of para-hydroxylation sites is 1. The van der Waals surface area contributed by atoms with Gasteiger partial charge in [-0.1, -0.05) is 36.4 Å². The van der Waals surface area contributed by atoms with Gasteiger partial charge in [0.1, 0.15) is 11.5 Å². The highest BCUT2D eigenvalue weighted by Crippen LogP contribution is 2.32. The molecule has 0 radical (unpaired) electrons. The number of carbonyl (C=O) groups excluding carboxylic acids is 2. The Morgan fingerprint density at radius 1 is 1.14 bits per heavy atom. The van der Waals surface area contributed by atoms with Crippen LogP contribution >= 0.6 is 0 Å². The molecule has 184 valence electrons. The number of hydrogen-bond acceptors (Lipinski definition) is 6. The number of methoxy groups -OCH3 is 1. The van der Waals surface area contributed by atoms with E-state index in [4.69, 9.17) is 9.47 Å². The third-order valence-electron chi connectivity index (χ3n) is 5.46. The van der Waals surface area contributed by atoms with E-state index in [2.05, 4.69) is 10.6 Å². The largest absolute Gasteiger partial charge is 0.505 e. The molecule has 3 aromatic rings. The lowest BCUT2D eigenvalue weighted by Gasteiger charge is -2.20. The van der Waals surface area contributed by atoms with Crippen LogP contribution in [0.2, 0.25) is 0 Å². The second-order valence-electron chi connectivity index (χ2n) is 7.94. The van der Waals surface area contributed by atoms with E-state index < -0.39 is 23.6 Å². The summed E-state index contributed by atoms with van der Waals surface area (Å²) in [4.78, 5) is 37.6. The second kappa shape index (κ2) is 11.2. The Hall–Kier alpha value is -4.27. The van der Waals surface area contributed by atoms with E-state index >= 15 is 0 Å². The number of esters is 1. The van der Waals surface area contributed by atoms with Crippen molar-refractivity contribution in [3.8, 4) is 22.6 Å². The van der Waals surface area contributed by atoms with Crippen molar-refractivity contribution in [3.63, 3.8) is 0 Å². The summed E-state index contributed by atoms with van der Waals surface area (Å²) in [6.07, 6.45) is 1.34. The number of amides is 2. The number of aromatic hydroxyl groups is 1. The number of aryl methyl sites for hydroxylation is 2. The van der Waals surface area contributed by atoms with Crippen LogP contribution in [0.3, 0.4) is 0 Å². The molecule has 0 fully saturated rings. The first kappa shape index (κ1) is 25.4. The molecule has 3 N–H and O–H groups in total. The van der Waals surface area contributed by atoms with Gasteiger partial charge in [0.15, 0.2) is 5.69 Å². The monoisotopic (exact) mass is 479 g/mol. The Bertz CT molecular complexity index is 1280. The zero-order valence-electron chi connectivity index (χ0n) is 20.1. The summed E-state index contributed by atoms with van der Waals surface area (Å²) in [5, 5.41) is 15.4. The minimum atomic E-state index is -0.764. The normalized spacial score (nSPS) is 11.4. The van der Waals surface area contributed by atoms with E-state index in [0.717, 1.165) is 11.1 Å².